The van der Waals surface area contributed by atoms with E-state index in [1.807, 2.05) is 12.1 Å². The predicted octanol–water partition coefficient (Wildman–Crippen LogP) is 2.76. The molecule has 0 spiro atoms. The van der Waals surface area contributed by atoms with Crippen molar-refractivity contribution in [3.05, 3.63) is 34.3 Å². The average Bonchev–Trinajstić information content (AvgIpc) is 2.78. The third-order valence-electron chi connectivity index (χ3n) is 4.17. The van der Waals surface area contributed by atoms with Gasteiger partial charge in [-0.25, -0.2) is 0 Å². The van der Waals surface area contributed by atoms with Crippen molar-refractivity contribution in [2.45, 2.75) is 38.5 Å². The third kappa shape index (κ3) is 3.11. The first kappa shape index (κ1) is 14.8. The largest absolute Gasteiger partial charge is 0.377 e. The highest BCUT2D eigenvalue weighted by molar-refractivity contribution is 6.30. The van der Waals surface area contributed by atoms with Gasteiger partial charge in [-0.15, -0.1) is 0 Å². The second kappa shape index (κ2) is 6.23. The maximum Gasteiger partial charge on any atom is 0.0703 e. The molecule has 2 N–H and O–H groups in total. The van der Waals surface area contributed by atoms with E-state index in [4.69, 9.17) is 22.1 Å². The lowest BCUT2D eigenvalue weighted by Gasteiger charge is -2.34. The molecular formula is C15H23ClN2O. The molecule has 0 aromatic heterocycles. The summed E-state index contributed by atoms with van der Waals surface area (Å²) in [6, 6.07) is 6.68. The summed E-state index contributed by atoms with van der Waals surface area (Å²) < 4.78 is 5.66. The van der Waals surface area contributed by atoms with Crippen molar-refractivity contribution >= 4 is 11.6 Å². The Hall–Kier alpha value is -0.610. The van der Waals surface area contributed by atoms with Gasteiger partial charge in [-0.1, -0.05) is 17.7 Å². The number of benzene rings is 1. The van der Waals surface area contributed by atoms with Gasteiger partial charge in [0.2, 0.25) is 0 Å². The summed E-state index contributed by atoms with van der Waals surface area (Å²) in [4.78, 5) is 2.36. The Kier molecular flexibility index (Phi) is 4.85. The van der Waals surface area contributed by atoms with E-state index in [1.165, 1.54) is 11.1 Å². The lowest BCUT2D eigenvalue weighted by atomic mass is 9.97. The van der Waals surface area contributed by atoms with E-state index in [0.29, 0.717) is 12.6 Å². The first-order valence-corrected chi connectivity index (χ1v) is 7.22. The number of rotatable bonds is 4. The molecule has 3 unspecified atom stereocenters. The Morgan fingerprint density at radius 2 is 2.26 bits per heavy atom. The van der Waals surface area contributed by atoms with Crippen LogP contribution < -0.4 is 5.73 Å². The van der Waals surface area contributed by atoms with Crippen LogP contribution in [-0.2, 0) is 4.74 Å². The number of halogens is 1. The van der Waals surface area contributed by atoms with Crippen molar-refractivity contribution in [1.29, 1.82) is 0 Å². The van der Waals surface area contributed by atoms with E-state index in [2.05, 4.69) is 31.9 Å². The van der Waals surface area contributed by atoms with Gasteiger partial charge in [0, 0.05) is 30.3 Å². The molecule has 1 aromatic carbocycles. The lowest BCUT2D eigenvalue weighted by molar-refractivity contribution is 0.0685. The Balaban J connectivity index is 2.23. The smallest absolute Gasteiger partial charge is 0.0703 e. The summed E-state index contributed by atoms with van der Waals surface area (Å²) in [6.45, 7) is 5.66. The maximum absolute atomic E-state index is 6.03. The Morgan fingerprint density at radius 3 is 2.79 bits per heavy atom. The minimum absolute atomic E-state index is 0.214. The molecule has 1 aliphatic rings. The Labute approximate surface area is 120 Å². The van der Waals surface area contributed by atoms with Crippen LogP contribution in [0.25, 0.3) is 0 Å². The minimum atomic E-state index is 0.214. The number of aryl methyl sites for hydroxylation is 1. The van der Waals surface area contributed by atoms with Crippen molar-refractivity contribution < 1.29 is 4.74 Å². The van der Waals surface area contributed by atoms with Gasteiger partial charge < -0.3 is 10.5 Å². The van der Waals surface area contributed by atoms with Crippen LogP contribution in [0.1, 0.15) is 30.5 Å². The molecule has 0 radical (unpaired) electrons. The van der Waals surface area contributed by atoms with Crippen LogP contribution >= 0.6 is 11.6 Å². The van der Waals surface area contributed by atoms with Crippen LogP contribution in [0.5, 0.6) is 0 Å². The van der Waals surface area contributed by atoms with Crippen LogP contribution in [0.4, 0.5) is 0 Å². The van der Waals surface area contributed by atoms with Crippen LogP contribution in [0, 0.1) is 6.92 Å². The molecule has 1 saturated heterocycles. The molecular weight excluding hydrogens is 260 g/mol. The molecule has 0 aliphatic carbocycles. The molecule has 2 rings (SSSR count). The van der Waals surface area contributed by atoms with Crippen molar-refractivity contribution in [2.75, 3.05) is 20.2 Å². The second-order valence-corrected chi connectivity index (χ2v) is 5.79. The highest BCUT2D eigenvalue weighted by Crippen LogP contribution is 2.29. The summed E-state index contributed by atoms with van der Waals surface area (Å²) in [5, 5.41) is 0.775. The van der Waals surface area contributed by atoms with E-state index >= 15 is 0 Å². The molecule has 0 saturated carbocycles. The van der Waals surface area contributed by atoms with E-state index in [9.17, 15) is 0 Å². The number of hydrogen-bond donors (Lipinski definition) is 1. The lowest BCUT2D eigenvalue weighted by Crippen LogP contribution is -2.42. The SMILES string of the molecule is Cc1cc(Cl)ccc1C(CN)N(C)C1CCOC1C. The zero-order chi connectivity index (χ0) is 14.0. The topological polar surface area (TPSA) is 38.5 Å². The van der Waals surface area contributed by atoms with Crippen molar-refractivity contribution in [2.24, 2.45) is 5.73 Å². The average molecular weight is 283 g/mol. The predicted molar refractivity (Wildman–Crippen MR) is 79.6 cm³/mol. The first-order valence-electron chi connectivity index (χ1n) is 6.84. The van der Waals surface area contributed by atoms with Crippen molar-refractivity contribution in [3.63, 3.8) is 0 Å². The normalized spacial score (nSPS) is 24.9. The molecule has 1 heterocycles. The van der Waals surface area contributed by atoms with Gasteiger partial charge in [-0.2, -0.15) is 0 Å². The van der Waals surface area contributed by atoms with Gasteiger partial charge in [0.1, 0.15) is 0 Å². The molecule has 3 atom stereocenters. The van der Waals surface area contributed by atoms with Crippen LogP contribution in [0.3, 0.4) is 0 Å². The van der Waals surface area contributed by atoms with E-state index in [1.54, 1.807) is 0 Å². The third-order valence-corrected chi connectivity index (χ3v) is 4.40. The molecule has 106 valence electrons. The molecule has 1 aliphatic heterocycles. The molecule has 0 bridgehead atoms. The van der Waals surface area contributed by atoms with Gasteiger partial charge in [0.15, 0.2) is 0 Å². The van der Waals surface area contributed by atoms with Crippen LogP contribution in [-0.4, -0.2) is 37.2 Å². The van der Waals surface area contributed by atoms with Gasteiger partial charge in [-0.05, 0) is 50.6 Å². The van der Waals surface area contributed by atoms with E-state index in [0.717, 1.165) is 18.1 Å². The zero-order valence-corrected chi connectivity index (χ0v) is 12.7. The zero-order valence-electron chi connectivity index (χ0n) is 11.9. The van der Waals surface area contributed by atoms with Gasteiger partial charge in [0.25, 0.3) is 0 Å². The van der Waals surface area contributed by atoms with Crippen LogP contribution in [0.15, 0.2) is 18.2 Å². The minimum Gasteiger partial charge on any atom is -0.377 e. The fourth-order valence-corrected chi connectivity index (χ4v) is 3.24. The van der Waals surface area contributed by atoms with Crippen LogP contribution in [0.2, 0.25) is 5.02 Å². The summed E-state index contributed by atoms with van der Waals surface area (Å²) >= 11 is 6.03. The highest BCUT2D eigenvalue weighted by Gasteiger charge is 2.32. The molecule has 3 nitrogen and oxygen atoms in total. The monoisotopic (exact) mass is 282 g/mol. The molecule has 4 heteroatoms. The molecule has 1 fully saturated rings. The number of hydrogen-bond acceptors (Lipinski definition) is 3. The standard InChI is InChI=1S/C15H23ClN2O/c1-10-8-12(16)4-5-13(10)15(9-17)18(3)14-6-7-19-11(14)2/h4-5,8,11,14-15H,6-7,9,17H2,1-3H3. The number of likely N-dealkylation sites (N-methyl/N-ethyl adjacent to an activating group) is 1. The number of nitrogens with two attached hydrogens (primary N) is 1. The summed E-state index contributed by atoms with van der Waals surface area (Å²) in [5.74, 6) is 0. The first-order chi connectivity index (χ1) is 9.04. The quantitative estimate of drug-likeness (QED) is 0.923. The summed E-state index contributed by atoms with van der Waals surface area (Å²) in [6.07, 6.45) is 1.34. The highest BCUT2D eigenvalue weighted by atomic mass is 35.5. The maximum atomic E-state index is 6.03. The Bertz CT molecular complexity index is 438. The fourth-order valence-electron chi connectivity index (χ4n) is 3.01. The van der Waals surface area contributed by atoms with E-state index in [-0.39, 0.29) is 12.1 Å². The summed E-state index contributed by atoms with van der Waals surface area (Å²) in [7, 11) is 2.14. The molecule has 19 heavy (non-hydrogen) atoms. The van der Waals surface area contributed by atoms with Crippen molar-refractivity contribution in [1.82, 2.24) is 4.90 Å². The molecule has 1 aromatic rings. The van der Waals surface area contributed by atoms with Gasteiger partial charge in [-0.3, -0.25) is 4.90 Å². The van der Waals surface area contributed by atoms with Gasteiger partial charge >= 0.3 is 0 Å². The number of ether oxygens (including phenoxy) is 1. The van der Waals surface area contributed by atoms with Gasteiger partial charge in [0.05, 0.1) is 6.10 Å². The van der Waals surface area contributed by atoms with E-state index < -0.39 is 0 Å². The number of nitrogens with zero attached hydrogens (tertiary/aromatic N) is 1. The van der Waals surface area contributed by atoms with Crippen molar-refractivity contribution in [3.8, 4) is 0 Å². The molecule has 0 amide bonds. The fraction of sp³-hybridized carbons (Fsp3) is 0.600. The Morgan fingerprint density at radius 1 is 1.53 bits per heavy atom. The summed E-state index contributed by atoms with van der Waals surface area (Å²) in [5.41, 5.74) is 8.46. The second-order valence-electron chi connectivity index (χ2n) is 5.35.